The van der Waals surface area contributed by atoms with Crippen molar-refractivity contribution in [1.29, 1.82) is 0 Å². The summed E-state index contributed by atoms with van der Waals surface area (Å²) in [6, 6.07) is 15.7. The van der Waals surface area contributed by atoms with Gasteiger partial charge in [0, 0.05) is 5.92 Å². The Morgan fingerprint density at radius 3 is 2.18 bits per heavy atom. The van der Waals surface area contributed by atoms with Gasteiger partial charge in [-0.25, -0.2) is 9.59 Å². The summed E-state index contributed by atoms with van der Waals surface area (Å²) >= 11 is 0. The Kier molecular flexibility index (Phi) is 6.69. The van der Waals surface area contributed by atoms with E-state index < -0.39 is 18.1 Å². The first kappa shape index (κ1) is 19.9. The van der Waals surface area contributed by atoms with Crippen molar-refractivity contribution in [2.45, 2.75) is 44.6 Å². The molecule has 28 heavy (non-hydrogen) atoms. The number of alkyl carbamates (subject to hydrolysis) is 1. The average molecular weight is 381 g/mol. The maximum absolute atomic E-state index is 12.3. The number of rotatable bonds is 8. The molecular formula is C23H27NO4. The van der Waals surface area contributed by atoms with Gasteiger partial charge in [-0.1, -0.05) is 74.7 Å². The summed E-state index contributed by atoms with van der Waals surface area (Å²) in [5.74, 6) is -0.445. The van der Waals surface area contributed by atoms with Gasteiger partial charge in [0.05, 0.1) is 7.11 Å². The molecule has 0 fully saturated rings. The molecule has 2 aromatic rings. The highest BCUT2D eigenvalue weighted by Gasteiger charge is 2.29. The predicted octanol–water partition coefficient (Wildman–Crippen LogP) is 4.65. The first-order chi connectivity index (χ1) is 13.7. The van der Waals surface area contributed by atoms with Crippen molar-refractivity contribution in [3.63, 3.8) is 0 Å². The summed E-state index contributed by atoms with van der Waals surface area (Å²) in [6.45, 7) is 2.31. The summed E-state index contributed by atoms with van der Waals surface area (Å²) in [5, 5.41) is 2.66. The number of fused-ring (bicyclic) bond motifs is 3. The third-order valence-corrected chi connectivity index (χ3v) is 5.22. The lowest BCUT2D eigenvalue weighted by atomic mass is 9.98. The van der Waals surface area contributed by atoms with Crippen molar-refractivity contribution in [1.82, 2.24) is 5.32 Å². The first-order valence-electron chi connectivity index (χ1n) is 9.85. The number of hydrogen-bond donors (Lipinski definition) is 1. The lowest BCUT2D eigenvalue weighted by Gasteiger charge is -2.18. The second-order valence-electron chi connectivity index (χ2n) is 7.04. The number of esters is 1. The van der Waals surface area contributed by atoms with E-state index in [4.69, 9.17) is 9.47 Å². The summed E-state index contributed by atoms with van der Waals surface area (Å²) in [5.41, 5.74) is 4.67. The highest BCUT2D eigenvalue weighted by Crippen LogP contribution is 2.44. The van der Waals surface area contributed by atoms with Crippen LogP contribution in [0.15, 0.2) is 48.5 Å². The fourth-order valence-electron chi connectivity index (χ4n) is 3.77. The Bertz CT molecular complexity index is 787. The molecular weight excluding hydrogens is 354 g/mol. The maximum Gasteiger partial charge on any atom is 0.407 e. The molecule has 148 valence electrons. The molecule has 0 saturated heterocycles. The van der Waals surface area contributed by atoms with E-state index in [1.165, 1.54) is 18.2 Å². The molecule has 3 rings (SSSR count). The molecule has 0 heterocycles. The Hall–Kier alpha value is -2.82. The van der Waals surface area contributed by atoms with Crippen molar-refractivity contribution in [3.05, 3.63) is 59.7 Å². The number of amides is 1. The van der Waals surface area contributed by atoms with Crippen LogP contribution in [0.4, 0.5) is 4.79 Å². The van der Waals surface area contributed by atoms with Crippen LogP contribution >= 0.6 is 0 Å². The van der Waals surface area contributed by atoms with Gasteiger partial charge in [-0.15, -0.1) is 0 Å². The monoisotopic (exact) mass is 381 g/mol. The molecule has 0 radical (unpaired) electrons. The quantitative estimate of drug-likeness (QED) is 0.534. The highest BCUT2D eigenvalue weighted by atomic mass is 16.6. The number of hydrogen-bond acceptors (Lipinski definition) is 4. The SMILES string of the molecule is CCCCC[C@H](NC(=O)OCC1c2ccccc2-c2ccccc21)C(=O)OC. The lowest BCUT2D eigenvalue weighted by molar-refractivity contribution is -0.143. The number of benzene rings is 2. The molecule has 5 heteroatoms. The molecule has 1 aliphatic rings. The molecule has 0 unspecified atom stereocenters. The van der Waals surface area contributed by atoms with Gasteiger partial charge >= 0.3 is 12.1 Å². The summed E-state index contributed by atoms with van der Waals surface area (Å²) in [4.78, 5) is 24.3. The van der Waals surface area contributed by atoms with Crippen molar-refractivity contribution < 1.29 is 19.1 Å². The van der Waals surface area contributed by atoms with E-state index in [2.05, 4.69) is 36.5 Å². The molecule has 0 aromatic heterocycles. The summed E-state index contributed by atoms with van der Waals surface area (Å²) in [6.07, 6.45) is 2.84. The molecule has 0 saturated carbocycles. The smallest absolute Gasteiger partial charge is 0.407 e. The third kappa shape index (κ3) is 4.35. The Labute approximate surface area is 166 Å². The number of ether oxygens (including phenoxy) is 2. The van der Waals surface area contributed by atoms with Crippen LogP contribution in [0.25, 0.3) is 11.1 Å². The minimum absolute atomic E-state index is 0.00480. The molecule has 1 amide bonds. The molecule has 5 nitrogen and oxygen atoms in total. The normalized spacial score (nSPS) is 13.4. The second kappa shape index (κ2) is 9.40. The van der Waals surface area contributed by atoms with E-state index >= 15 is 0 Å². The molecule has 0 spiro atoms. The number of methoxy groups -OCH3 is 1. The Balaban J connectivity index is 1.64. The predicted molar refractivity (Wildman–Crippen MR) is 108 cm³/mol. The van der Waals surface area contributed by atoms with Gasteiger partial charge in [-0.2, -0.15) is 0 Å². The van der Waals surface area contributed by atoms with Crippen LogP contribution < -0.4 is 5.32 Å². The highest BCUT2D eigenvalue weighted by molar-refractivity contribution is 5.82. The minimum Gasteiger partial charge on any atom is -0.467 e. The third-order valence-electron chi connectivity index (χ3n) is 5.22. The van der Waals surface area contributed by atoms with Crippen molar-refractivity contribution in [2.24, 2.45) is 0 Å². The zero-order valence-electron chi connectivity index (χ0n) is 16.4. The number of carbonyl (C=O) groups excluding carboxylic acids is 2. The van der Waals surface area contributed by atoms with E-state index in [0.29, 0.717) is 6.42 Å². The zero-order valence-corrected chi connectivity index (χ0v) is 16.4. The van der Waals surface area contributed by atoms with Crippen LogP contribution in [0.5, 0.6) is 0 Å². The van der Waals surface area contributed by atoms with E-state index in [1.54, 1.807) is 0 Å². The van der Waals surface area contributed by atoms with Crippen LogP contribution in [0.2, 0.25) is 0 Å². The number of unbranched alkanes of at least 4 members (excludes halogenated alkanes) is 2. The fourth-order valence-corrected chi connectivity index (χ4v) is 3.77. The Morgan fingerprint density at radius 2 is 1.61 bits per heavy atom. The van der Waals surface area contributed by atoms with E-state index in [-0.39, 0.29) is 12.5 Å². The maximum atomic E-state index is 12.3. The van der Waals surface area contributed by atoms with Gasteiger partial charge in [0.1, 0.15) is 12.6 Å². The van der Waals surface area contributed by atoms with Crippen LogP contribution in [0, 0.1) is 0 Å². The van der Waals surface area contributed by atoms with E-state index in [1.807, 2.05) is 24.3 Å². The van der Waals surface area contributed by atoms with Crippen molar-refractivity contribution in [3.8, 4) is 11.1 Å². The molecule has 2 aromatic carbocycles. The first-order valence-corrected chi connectivity index (χ1v) is 9.85. The minimum atomic E-state index is -0.674. The van der Waals surface area contributed by atoms with Gasteiger partial charge in [0.25, 0.3) is 0 Å². The van der Waals surface area contributed by atoms with Crippen molar-refractivity contribution >= 4 is 12.1 Å². The second-order valence-corrected chi connectivity index (χ2v) is 7.04. The largest absolute Gasteiger partial charge is 0.467 e. The summed E-state index contributed by atoms with van der Waals surface area (Å²) < 4.78 is 10.3. The van der Waals surface area contributed by atoms with Crippen molar-refractivity contribution in [2.75, 3.05) is 13.7 Å². The van der Waals surface area contributed by atoms with Crippen LogP contribution in [0.1, 0.15) is 49.7 Å². The zero-order chi connectivity index (χ0) is 19.9. The van der Waals surface area contributed by atoms with Gasteiger partial charge < -0.3 is 14.8 Å². The molecule has 1 atom stereocenters. The molecule has 0 bridgehead atoms. The lowest BCUT2D eigenvalue weighted by Crippen LogP contribution is -2.42. The van der Waals surface area contributed by atoms with E-state index in [0.717, 1.165) is 30.4 Å². The van der Waals surface area contributed by atoms with Gasteiger partial charge in [0.2, 0.25) is 0 Å². The van der Waals surface area contributed by atoms with Gasteiger partial charge in [0.15, 0.2) is 0 Å². The molecule has 1 N–H and O–H groups in total. The Morgan fingerprint density at radius 1 is 1.00 bits per heavy atom. The number of nitrogens with one attached hydrogen (secondary N) is 1. The van der Waals surface area contributed by atoms with Crippen LogP contribution in [0.3, 0.4) is 0 Å². The van der Waals surface area contributed by atoms with Gasteiger partial charge in [-0.05, 0) is 28.7 Å². The van der Waals surface area contributed by atoms with Gasteiger partial charge in [-0.3, -0.25) is 0 Å². The molecule has 1 aliphatic carbocycles. The van der Waals surface area contributed by atoms with E-state index in [9.17, 15) is 9.59 Å². The standard InChI is InChI=1S/C23H27NO4/c1-3-4-5-14-21(22(25)27-2)24-23(26)28-15-20-18-12-8-6-10-16(18)17-11-7-9-13-19(17)20/h6-13,20-21H,3-5,14-15H2,1-2H3,(H,24,26)/t21-/m0/s1. The topological polar surface area (TPSA) is 64.6 Å². The number of carbonyl (C=O) groups is 2. The van der Waals surface area contributed by atoms with Crippen LogP contribution in [-0.2, 0) is 14.3 Å². The molecule has 0 aliphatic heterocycles. The average Bonchev–Trinajstić information content (AvgIpc) is 3.05. The summed E-state index contributed by atoms with van der Waals surface area (Å²) in [7, 11) is 1.33. The fraction of sp³-hybridized carbons (Fsp3) is 0.391. The van der Waals surface area contributed by atoms with Crippen LogP contribution in [-0.4, -0.2) is 31.8 Å².